The van der Waals surface area contributed by atoms with Gasteiger partial charge in [-0.3, -0.25) is 4.79 Å². The number of terminal acetylenes is 1. The van der Waals surface area contributed by atoms with E-state index in [0.717, 1.165) is 12.0 Å². The second-order valence-corrected chi connectivity index (χ2v) is 6.41. The average molecular weight is 274 g/mol. The van der Waals surface area contributed by atoms with Crippen molar-refractivity contribution in [2.24, 2.45) is 17.3 Å². The fourth-order valence-electron chi connectivity index (χ4n) is 2.67. The standard InChI is InChI=1S/C18H26O2/c1-8-10-13(5)15(9-2)20-17(19)16-14(11-12(3)4)18(16,6)7/h2,10-11,14-16H,8H2,1,3-7H3/b13-10+/t14-,15+,16+/m1/s1. The molecule has 1 aliphatic carbocycles. The largest absolute Gasteiger partial charge is 0.444 e. The Balaban J connectivity index is 2.76. The number of ether oxygens (including phenoxy) is 1. The summed E-state index contributed by atoms with van der Waals surface area (Å²) in [6.07, 6.45) is 9.99. The zero-order chi connectivity index (χ0) is 15.5. The Morgan fingerprint density at radius 1 is 1.40 bits per heavy atom. The van der Waals surface area contributed by atoms with Gasteiger partial charge in [-0.25, -0.2) is 0 Å². The summed E-state index contributed by atoms with van der Waals surface area (Å²) in [5.41, 5.74) is 2.13. The predicted octanol–water partition coefficient (Wildman–Crippen LogP) is 4.13. The van der Waals surface area contributed by atoms with Crippen LogP contribution in [-0.2, 0) is 9.53 Å². The van der Waals surface area contributed by atoms with E-state index in [0.29, 0.717) is 0 Å². The Labute approximate surface area is 123 Å². The molecule has 1 aliphatic rings. The highest BCUT2D eigenvalue weighted by molar-refractivity contribution is 5.79. The van der Waals surface area contributed by atoms with Crippen LogP contribution in [0.15, 0.2) is 23.3 Å². The summed E-state index contributed by atoms with van der Waals surface area (Å²) in [6, 6.07) is 0. The molecule has 1 saturated carbocycles. The van der Waals surface area contributed by atoms with Crippen LogP contribution in [0.5, 0.6) is 0 Å². The van der Waals surface area contributed by atoms with Crippen LogP contribution in [0.3, 0.4) is 0 Å². The Hall–Kier alpha value is -1.49. The minimum Gasteiger partial charge on any atom is -0.444 e. The highest BCUT2D eigenvalue weighted by Gasteiger charge is 2.61. The summed E-state index contributed by atoms with van der Waals surface area (Å²) >= 11 is 0. The highest BCUT2D eigenvalue weighted by Crippen LogP contribution is 2.59. The van der Waals surface area contributed by atoms with Crippen molar-refractivity contribution in [2.75, 3.05) is 0 Å². The third-order valence-electron chi connectivity index (χ3n) is 4.00. The second kappa shape index (κ2) is 6.31. The number of hydrogen-bond donors (Lipinski definition) is 0. The van der Waals surface area contributed by atoms with Gasteiger partial charge >= 0.3 is 5.97 Å². The maximum Gasteiger partial charge on any atom is 0.311 e. The molecule has 0 aromatic heterocycles. The Kier molecular flexibility index (Phi) is 5.22. The summed E-state index contributed by atoms with van der Waals surface area (Å²) in [5.74, 6) is 2.56. The van der Waals surface area contributed by atoms with Gasteiger partial charge in [0.05, 0.1) is 5.92 Å². The van der Waals surface area contributed by atoms with Crippen molar-refractivity contribution in [2.45, 2.75) is 54.1 Å². The quantitative estimate of drug-likeness (QED) is 0.428. The van der Waals surface area contributed by atoms with Gasteiger partial charge in [0.15, 0.2) is 6.10 Å². The maximum atomic E-state index is 12.3. The lowest BCUT2D eigenvalue weighted by Crippen LogP contribution is -2.20. The molecule has 0 amide bonds. The third-order valence-corrected chi connectivity index (χ3v) is 4.00. The monoisotopic (exact) mass is 274 g/mol. The first-order valence-electron chi connectivity index (χ1n) is 7.24. The van der Waals surface area contributed by atoms with Crippen molar-refractivity contribution in [1.82, 2.24) is 0 Å². The van der Waals surface area contributed by atoms with E-state index in [4.69, 9.17) is 11.2 Å². The van der Waals surface area contributed by atoms with Gasteiger partial charge in [0.1, 0.15) is 0 Å². The number of allylic oxidation sites excluding steroid dienone is 3. The molecule has 0 N–H and O–H groups in total. The molecule has 2 nitrogen and oxygen atoms in total. The minimum absolute atomic E-state index is 0.0319. The first-order chi connectivity index (χ1) is 9.25. The van der Waals surface area contributed by atoms with Crippen LogP contribution in [-0.4, -0.2) is 12.1 Å². The van der Waals surface area contributed by atoms with Gasteiger partial charge in [0.2, 0.25) is 0 Å². The normalized spacial score (nSPS) is 25.4. The molecule has 20 heavy (non-hydrogen) atoms. The van der Waals surface area contributed by atoms with Crippen LogP contribution in [0, 0.1) is 29.6 Å². The van der Waals surface area contributed by atoms with E-state index in [9.17, 15) is 4.79 Å². The van der Waals surface area contributed by atoms with Gasteiger partial charge in [0, 0.05) is 0 Å². The number of esters is 1. The van der Waals surface area contributed by atoms with Crippen LogP contribution in [0.25, 0.3) is 0 Å². The van der Waals surface area contributed by atoms with E-state index < -0.39 is 6.10 Å². The molecule has 0 radical (unpaired) electrons. The van der Waals surface area contributed by atoms with Crippen molar-refractivity contribution in [3.63, 3.8) is 0 Å². The number of carbonyl (C=O) groups is 1. The van der Waals surface area contributed by atoms with Crippen LogP contribution in [0.1, 0.15) is 48.0 Å². The van der Waals surface area contributed by atoms with Gasteiger partial charge < -0.3 is 4.74 Å². The van der Waals surface area contributed by atoms with E-state index in [1.807, 2.05) is 19.9 Å². The highest BCUT2D eigenvalue weighted by atomic mass is 16.5. The van der Waals surface area contributed by atoms with Gasteiger partial charge in [-0.1, -0.05) is 44.4 Å². The van der Waals surface area contributed by atoms with E-state index >= 15 is 0 Å². The van der Waals surface area contributed by atoms with E-state index in [-0.39, 0.29) is 23.2 Å². The third kappa shape index (κ3) is 3.54. The molecule has 0 aromatic carbocycles. The molecule has 0 aliphatic heterocycles. The Morgan fingerprint density at radius 2 is 2.00 bits per heavy atom. The summed E-state index contributed by atoms with van der Waals surface area (Å²) in [7, 11) is 0. The molecule has 0 bridgehead atoms. The second-order valence-electron chi connectivity index (χ2n) is 6.41. The molecular formula is C18H26O2. The predicted molar refractivity (Wildman–Crippen MR) is 83.0 cm³/mol. The number of carbonyl (C=O) groups excluding carboxylic acids is 1. The Morgan fingerprint density at radius 3 is 2.45 bits per heavy atom. The topological polar surface area (TPSA) is 26.3 Å². The van der Waals surface area contributed by atoms with Gasteiger partial charge in [-0.2, -0.15) is 0 Å². The molecule has 1 fully saturated rings. The lowest BCUT2D eigenvalue weighted by Gasteiger charge is -2.13. The van der Waals surface area contributed by atoms with Crippen molar-refractivity contribution >= 4 is 5.97 Å². The zero-order valence-electron chi connectivity index (χ0n) is 13.5. The first-order valence-corrected chi connectivity index (χ1v) is 7.24. The SMILES string of the molecule is C#C[C@H](OC(=O)[C@@H]1[C@@H](C=C(C)C)C1(C)C)/C(C)=C/CC. The van der Waals surface area contributed by atoms with Crippen LogP contribution >= 0.6 is 0 Å². The lowest BCUT2D eigenvalue weighted by atomic mass is 10.1. The van der Waals surface area contributed by atoms with E-state index in [1.54, 1.807) is 0 Å². The molecule has 0 heterocycles. The molecule has 0 unspecified atom stereocenters. The van der Waals surface area contributed by atoms with E-state index in [1.165, 1.54) is 5.57 Å². The van der Waals surface area contributed by atoms with Crippen molar-refractivity contribution in [3.8, 4) is 12.3 Å². The lowest BCUT2D eigenvalue weighted by molar-refractivity contribution is -0.147. The molecule has 110 valence electrons. The molecule has 3 atom stereocenters. The molecule has 0 aromatic rings. The summed E-state index contributed by atoms with van der Waals surface area (Å²) < 4.78 is 5.51. The number of rotatable bonds is 5. The molecule has 0 saturated heterocycles. The molecular weight excluding hydrogens is 248 g/mol. The molecule has 1 rings (SSSR count). The van der Waals surface area contributed by atoms with Crippen molar-refractivity contribution in [3.05, 3.63) is 23.3 Å². The smallest absolute Gasteiger partial charge is 0.311 e. The number of hydrogen-bond acceptors (Lipinski definition) is 2. The average Bonchev–Trinajstić information content (AvgIpc) is 2.86. The van der Waals surface area contributed by atoms with Gasteiger partial charge in [-0.05, 0) is 44.1 Å². The van der Waals surface area contributed by atoms with Gasteiger partial charge in [-0.15, -0.1) is 6.42 Å². The van der Waals surface area contributed by atoms with Crippen LogP contribution in [0.4, 0.5) is 0 Å². The first kappa shape index (κ1) is 16.6. The van der Waals surface area contributed by atoms with Gasteiger partial charge in [0.25, 0.3) is 0 Å². The zero-order valence-corrected chi connectivity index (χ0v) is 13.5. The van der Waals surface area contributed by atoms with E-state index in [2.05, 4.69) is 39.7 Å². The summed E-state index contributed by atoms with van der Waals surface area (Å²) in [5, 5.41) is 0. The Bertz CT molecular complexity index is 470. The summed E-state index contributed by atoms with van der Waals surface area (Å²) in [4.78, 5) is 12.3. The molecule has 2 heteroatoms. The van der Waals surface area contributed by atoms with Crippen molar-refractivity contribution < 1.29 is 9.53 Å². The summed E-state index contributed by atoms with van der Waals surface area (Å²) in [6.45, 7) is 12.2. The maximum absolute atomic E-state index is 12.3. The van der Waals surface area contributed by atoms with Crippen molar-refractivity contribution in [1.29, 1.82) is 0 Å². The van der Waals surface area contributed by atoms with Crippen LogP contribution in [0.2, 0.25) is 0 Å². The fourth-order valence-corrected chi connectivity index (χ4v) is 2.67. The van der Waals surface area contributed by atoms with Crippen LogP contribution < -0.4 is 0 Å². The fraction of sp³-hybridized carbons (Fsp3) is 0.611. The molecule has 0 spiro atoms. The minimum atomic E-state index is -0.536.